The van der Waals surface area contributed by atoms with Gasteiger partial charge in [-0.1, -0.05) is 30.3 Å². The zero-order chi connectivity index (χ0) is 21.0. The summed E-state index contributed by atoms with van der Waals surface area (Å²) in [5.41, 5.74) is 1.43. The summed E-state index contributed by atoms with van der Waals surface area (Å²) in [5.74, 6) is -0.465. The lowest BCUT2D eigenvalue weighted by molar-refractivity contribution is -0.927. The van der Waals surface area contributed by atoms with E-state index in [0.29, 0.717) is 27.7 Å². The second-order valence-corrected chi connectivity index (χ2v) is 9.22. The second kappa shape index (κ2) is 9.09. The number of nitrogens with one attached hydrogen (secondary N) is 1. The quantitative estimate of drug-likeness (QED) is 0.515. The molecule has 1 amide bonds. The monoisotopic (exact) mass is 415 g/mol. The highest BCUT2D eigenvalue weighted by atomic mass is 32.1. The molecule has 3 rings (SSSR count). The number of amides is 1. The zero-order valence-electron chi connectivity index (χ0n) is 17.7. The van der Waals surface area contributed by atoms with E-state index < -0.39 is 5.97 Å². The fourth-order valence-electron chi connectivity index (χ4n) is 3.99. The minimum atomic E-state index is -0.404. The Bertz CT molecular complexity index is 854. The van der Waals surface area contributed by atoms with E-state index in [4.69, 9.17) is 4.74 Å². The van der Waals surface area contributed by atoms with Gasteiger partial charge in [-0.2, -0.15) is 0 Å². The van der Waals surface area contributed by atoms with Crippen LogP contribution >= 0.6 is 11.3 Å². The third-order valence-electron chi connectivity index (χ3n) is 6.17. The summed E-state index contributed by atoms with van der Waals surface area (Å²) in [6.45, 7) is 4.05. The molecule has 0 spiro atoms. The highest BCUT2D eigenvalue weighted by molar-refractivity contribution is 7.20. The van der Waals surface area contributed by atoms with Crippen LogP contribution in [0.2, 0.25) is 0 Å². The molecule has 29 heavy (non-hydrogen) atoms. The van der Waals surface area contributed by atoms with Gasteiger partial charge < -0.3 is 14.5 Å². The first-order valence-corrected chi connectivity index (χ1v) is 11.2. The average Bonchev–Trinajstić information content (AvgIpc) is 3.39. The molecule has 0 unspecified atom stereocenters. The maximum absolute atomic E-state index is 13.1. The number of esters is 1. The van der Waals surface area contributed by atoms with Gasteiger partial charge in [0.15, 0.2) is 6.04 Å². The molecule has 1 aliphatic rings. The van der Waals surface area contributed by atoms with Gasteiger partial charge in [-0.3, -0.25) is 4.79 Å². The molecule has 1 saturated carbocycles. The van der Waals surface area contributed by atoms with Crippen LogP contribution in [0.25, 0.3) is 10.4 Å². The Kier molecular flexibility index (Phi) is 6.75. The maximum Gasteiger partial charge on any atom is 0.341 e. The average molecular weight is 416 g/mol. The van der Waals surface area contributed by atoms with E-state index in [2.05, 4.69) is 19.4 Å². The van der Waals surface area contributed by atoms with Crippen molar-refractivity contribution in [2.45, 2.75) is 51.6 Å². The molecule has 1 aromatic carbocycles. The first-order valence-electron chi connectivity index (χ1n) is 10.3. The van der Waals surface area contributed by atoms with Gasteiger partial charge in [0, 0.05) is 4.88 Å². The number of thiophene rings is 1. The summed E-state index contributed by atoms with van der Waals surface area (Å²) in [6, 6.07) is 12.0. The number of carbonyl (C=O) groups is 2. The van der Waals surface area contributed by atoms with Crippen molar-refractivity contribution in [3.63, 3.8) is 0 Å². The number of quaternary nitrogens is 1. The van der Waals surface area contributed by atoms with Gasteiger partial charge in [0.1, 0.15) is 5.00 Å². The number of rotatable bonds is 7. The summed E-state index contributed by atoms with van der Waals surface area (Å²) < 4.78 is 5.89. The minimum Gasteiger partial charge on any atom is -0.462 e. The number of hydrogen-bond acceptors (Lipinski definition) is 4. The Morgan fingerprint density at radius 3 is 2.48 bits per heavy atom. The molecule has 1 atom stereocenters. The topological polar surface area (TPSA) is 55.4 Å². The Labute approximate surface area is 177 Å². The number of hydrogen-bond donors (Lipinski definition) is 1. The lowest BCUT2D eigenvalue weighted by atomic mass is 10.1. The third kappa shape index (κ3) is 4.70. The van der Waals surface area contributed by atoms with Crippen LogP contribution < -0.4 is 5.32 Å². The van der Waals surface area contributed by atoms with Gasteiger partial charge in [0.25, 0.3) is 5.91 Å². The first-order chi connectivity index (χ1) is 13.8. The van der Waals surface area contributed by atoms with Crippen molar-refractivity contribution in [2.75, 3.05) is 26.0 Å². The normalized spacial score (nSPS) is 15.9. The fraction of sp³-hybridized carbons (Fsp3) is 0.478. The standard InChI is InChI=1S/C23H30N2O3S/c1-5-28-23(27)19-15-20(17-11-7-6-8-12-17)29-22(19)24-21(26)16(2)25(3,4)18-13-9-10-14-18/h6-8,11-12,15-16,18H,5,9-10,13-14H2,1-4H3/p+1/t16-/m0/s1. The minimum absolute atomic E-state index is 0.0612. The van der Waals surface area contributed by atoms with Crippen LogP contribution in [0, 0.1) is 0 Å². The van der Waals surface area contributed by atoms with E-state index in [1.54, 1.807) is 6.92 Å². The number of carbonyl (C=O) groups excluding carboxylic acids is 2. The Balaban J connectivity index is 1.85. The molecule has 1 aromatic heterocycles. The number of anilines is 1. The molecule has 1 heterocycles. The van der Waals surface area contributed by atoms with Crippen molar-refractivity contribution in [3.8, 4) is 10.4 Å². The van der Waals surface area contributed by atoms with E-state index in [9.17, 15) is 9.59 Å². The van der Waals surface area contributed by atoms with Crippen LogP contribution in [-0.4, -0.2) is 49.1 Å². The van der Waals surface area contributed by atoms with Gasteiger partial charge in [0.2, 0.25) is 0 Å². The molecule has 156 valence electrons. The maximum atomic E-state index is 13.1. The Morgan fingerprint density at radius 1 is 1.21 bits per heavy atom. The van der Waals surface area contributed by atoms with Crippen molar-refractivity contribution in [3.05, 3.63) is 42.0 Å². The summed E-state index contributed by atoms with van der Waals surface area (Å²) in [7, 11) is 4.27. The molecule has 0 bridgehead atoms. The van der Waals surface area contributed by atoms with Crippen LogP contribution in [0.3, 0.4) is 0 Å². The van der Waals surface area contributed by atoms with Crippen LogP contribution in [-0.2, 0) is 9.53 Å². The molecule has 0 saturated heterocycles. The van der Waals surface area contributed by atoms with E-state index in [-0.39, 0.29) is 11.9 Å². The highest BCUT2D eigenvalue weighted by Crippen LogP contribution is 2.36. The number of benzene rings is 1. The second-order valence-electron chi connectivity index (χ2n) is 8.17. The first kappa shape index (κ1) is 21.5. The molecule has 2 aromatic rings. The van der Waals surface area contributed by atoms with E-state index in [1.807, 2.05) is 43.3 Å². The zero-order valence-corrected chi connectivity index (χ0v) is 18.6. The number of ether oxygens (including phenoxy) is 1. The smallest absolute Gasteiger partial charge is 0.341 e. The SMILES string of the molecule is CCOC(=O)c1cc(-c2ccccc2)sc1NC(=O)[C@H](C)[N+](C)(C)C1CCCC1. The van der Waals surface area contributed by atoms with Crippen LogP contribution in [0.15, 0.2) is 36.4 Å². The van der Waals surface area contributed by atoms with Crippen molar-refractivity contribution in [1.29, 1.82) is 0 Å². The fourth-order valence-corrected chi connectivity index (χ4v) is 5.05. The van der Waals surface area contributed by atoms with Gasteiger partial charge >= 0.3 is 5.97 Å². The van der Waals surface area contributed by atoms with E-state index >= 15 is 0 Å². The van der Waals surface area contributed by atoms with Crippen molar-refractivity contribution in [2.24, 2.45) is 0 Å². The molecule has 1 aliphatic carbocycles. The van der Waals surface area contributed by atoms with Gasteiger partial charge in [-0.15, -0.1) is 11.3 Å². The van der Waals surface area contributed by atoms with Crippen molar-refractivity contribution in [1.82, 2.24) is 0 Å². The predicted molar refractivity (Wildman–Crippen MR) is 118 cm³/mol. The Morgan fingerprint density at radius 2 is 1.86 bits per heavy atom. The molecule has 0 aliphatic heterocycles. The molecular formula is C23H31N2O3S+. The molecular weight excluding hydrogens is 384 g/mol. The predicted octanol–water partition coefficient (Wildman–Crippen LogP) is 4.94. The summed E-state index contributed by atoms with van der Waals surface area (Å²) >= 11 is 1.42. The molecule has 5 nitrogen and oxygen atoms in total. The van der Waals surface area contributed by atoms with Crippen molar-refractivity contribution >= 4 is 28.2 Å². The van der Waals surface area contributed by atoms with Crippen molar-refractivity contribution < 1.29 is 18.8 Å². The molecule has 1 N–H and O–H groups in total. The lowest BCUT2D eigenvalue weighted by Crippen LogP contribution is -2.58. The number of nitrogens with zero attached hydrogens (tertiary/aromatic N) is 1. The lowest BCUT2D eigenvalue weighted by Gasteiger charge is -2.40. The van der Waals surface area contributed by atoms with E-state index in [0.717, 1.165) is 23.3 Å². The van der Waals surface area contributed by atoms with Crippen LogP contribution in [0.4, 0.5) is 5.00 Å². The summed E-state index contributed by atoms with van der Waals surface area (Å²) in [6.07, 6.45) is 4.80. The third-order valence-corrected chi connectivity index (χ3v) is 7.27. The Hall–Kier alpha value is -2.18. The largest absolute Gasteiger partial charge is 0.462 e. The summed E-state index contributed by atoms with van der Waals surface area (Å²) in [4.78, 5) is 26.6. The molecule has 0 radical (unpaired) electrons. The van der Waals surface area contributed by atoms with Gasteiger partial charge in [0.05, 0.1) is 32.3 Å². The summed E-state index contributed by atoms with van der Waals surface area (Å²) in [5, 5.41) is 3.59. The van der Waals surface area contributed by atoms with Gasteiger partial charge in [-0.05, 0) is 51.2 Å². The van der Waals surface area contributed by atoms with Crippen LogP contribution in [0.5, 0.6) is 0 Å². The highest BCUT2D eigenvalue weighted by Gasteiger charge is 2.39. The van der Waals surface area contributed by atoms with Crippen LogP contribution in [0.1, 0.15) is 49.9 Å². The number of likely N-dealkylation sites (N-methyl/N-ethyl adjacent to an activating group) is 1. The molecule has 1 fully saturated rings. The molecule has 6 heteroatoms. The van der Waals surface area contributed by atoms with Gasteiger partial charge in [-0.25, -0.2) is 4.79 Å². The van der Waals surface area contributed by atoms with E-state index in [1.165, 1.54) is 24.2 Å².